The summed E-state index contributed by atoms with van der Waals surface area (Å²) in [7, 11) is 1.62. The van der Waals surface area contributed by atoms with Gasteiger partial charge < -0.3 is 18.9 Å². The highest BCUT2D eigenvalue weighted by atomic mass is 31.2. The van der Waals surface area contributed by atoms with Gasteiger partial charge in [-0.2, -0.15) is 0 Å². The largest absolute Gasteiger partial charge is 0.498 e. The van der Waals surface area contributed by atoms with Crippen LogP contribution in [0.2, 0.25) is 0 Å². The molecule has 0 aromatic heterocycles. The van der Waals surface area contributed by atoms with Crippen molar-refractivity contribution >= 4 is 13.8 Å². The van der Waals surface area contributed by atoms with E-state index < -0.39 is 13.9 Å². The van der Waals surface area contributed by atoms with Crippen molar-refractivity contribution in [1.82, 2.24) is 0 Å². The monoisotopic (exact) mass is 769 g/mol. The third-order valence-electron chi connectivity index (χ3n) is 8.96. The summed E-state index contributed by atoms with van der Waals surface area (Å²) >= 11 is 0. The summed E-state index contributed by atoms with van der Waals surface area (Å²) in [6.07, 6.45) is 45.2. The molecule has 0 aliphatic rings. The Bertz CT molecular complexity index is 989. The van der Waals surface area contributed by atoms with Gasteiger partial charge in [-0.15, -0.1) is 0 Å². The van der Waals surface area contributed by atoms with Gasteiger partial charge in [0.15, 0.2) is 6.10 Å². The second kappa shape index (κ2) is 37.2. The number of quaternary nitrogens is 1. The Labute approximate surface area is 327 Å². The van der Waals surface area contributed by atoms with E-state index in [2.05, 4.69) is 50.3 Å². The average Bonchev–Trinajstić information content (AvgIpc) is 3.11. The van der Waals surface area contributed by atoms with Crippen LogP contribution in [0.5, 0.6) is 0 Å². The van der Waals surface area contributed by atoms with E-state index in [0.717, 1.165) is 57.8 Å². The molecule has 0 radical (unpaired) electrons. The Hall–Kier alpha value is -1.70. The third kappa shape index (κ3) is 41.3. The van der Waals surface area contributed by atoms with Gasteiger partial charge in [0.05, 0.1) is 34.0 Å². The van der Waals surface area contributed by atoms with Gasteiger partial charge in [0.1, 0.15) is 19.8 Å². The van der Waals surface area contributed by atoms with Crippen molar-refractivity contribution in [2.75, 3.05) is 47.5 Å². The maximum Gasteiger partial charge on any atom is 0.472 e. The zero-order valence-electron chi connectivity index (χ0n) is 35.0. The number of carbonyl (C=O) groups is 1. The smallest absolute Gasteiger partial charge is 0.472 e. The Morgan fingerprint density at radius 2 is 1.06 bits per heavy atom. The summed E-state index contributed by atoms with van der Waals surface area (Å²) in [5.41, 5.74) is 0. The zero-order chi connectivity index (χ0) is 39.1. The Morgan fingerprint density at radius 1 is 0.604 bits per heavy atom. The van der Waals surface area contributed by atoms with Crippen LogP contribution >= 0.6 is 7.82 Å². The van der Waals surface area contributed by atoms with E-state index in [0.29, 0.717) is 11.0 Å². The van der Waals surface area contributed by atoms with E-state index >= 15 is 0 Å². The molecule has 0 amide bonds. The molecule has 0 aliphatic heterocycles. The molecule has 8 nitrogen and oxygen atoms in total. The second-order valence-electron chi connectivity index (χ2n) is 15.4. The maximum atomic E-state index is 12.7. The first kappa shape index (κ1) is 51.3. The Balaban J connectivity index is 4.36. The van der Waals surface area contributed by atoms with Crippen LogP contribution in [0.15, 0.2) is 48.8 Å². The van der Waals surface area contributed by atoms with Crippen LogP contribution in [0.3, 0.4) is 0 Å². The predicted octanol–water partition coefficient (Wildman–Crippen LogP) is 12.7. The first-order valence-corrected chi connectivity index (χ1v) is 22.9. The lowest BCUT2D eigenvalue weighted by molar-refractivity contribution is -0.870. The highest BCUT2D eigenvalue weighted by molar-refractivity contribution is 7.47. The molecule has 1 N–H and O–H groups in total. The van der Waals surface area contributed by atoms with Crippen LogP contribution < -0.4 is 0 Å². The minimum atomic E-state index is -4.29. The van der Waals surface area contributed by atoms with Crippen molar-refractivity contribution in [2.45, 2.75) is 180 Å². The highest BCUT2D eigenvalue weighted by Gasteiger charge is 2.26. The van der Waals surface area contributed by atoms with Crippen molar-refractivity contribution in [1.29, 1.82) is 0 Å². The fraction of sp³-hybridized carbons (Fsp3) is 0.795. The van der Waals surface area contributed by atoms with Gasteiger partial charge in [-0.25, -0.2) is 4.57 Å². The van der Waals surface area contributed by atoms with E-state index in [-0.39, 0.29) is 32.2 Å². The molecule has 53 heavy (non-hydrogen) atoms. The number of nitrogens with zero attached hydrogens (tertiary/aromatic N) is 1. The van der Waals surface area contributed by atoms with Crippen LogP contribution in [0.4, 0.5) is 0 Å². The van der Waals surface area contributed by atoms with Gasteiger partial charge in [-0.3, -0.25) is 13.8 Å². The first-order chi connectivity index (χ1) is 25.6. The van der Waals surface area contributed by atoms with Crippen molar-refractivity contribution in [2.24, 2.45) is 0 Å². The van der Waals surface area contributed by atoms with E-state index in [1.165, 1.54) is 96.3 Å². The first-order valence-electron chi connectivity index (χ1n) is 21.4. The lowest BCUT2D eigenvalue weighted by atomic mass is 10.0. The number of phosphoric acid groups is 1. The number of likely N-dealkylation sites (N-methyl/N-ethyl adjacent to an activating group) is 1. The van der Waals surface area contributed by atoms with Crippen molar-refractivity contribution < 1.29 is 37.3 Å². The lowest BCUT2D eigenvalue weighted by Gasteiger charge is -2.24. The van der Waals surface area contributed by atoms with Crippen molar-refractivity contribution in [3.8, 4) is 0 Å². The number of phosphoric ester groups is 1. The molecule has 2 atom stereocenters. The standard InChI is InChI=1S/C44H82NO7P/c1-6-8-10-12-14-16-18-20-22-23-24-25-27-29-31-33-35-37-44(46)52-43(42-51-53(47,48)50-40-38-45(3,4)5)41-49-39-36-34-32-30-28-26-21-19-17-15-13-11-9-7-2/h14,16,20,22,24-25,36,39,43H,6-13,15,17-19,21,23,26-35,37-38,40-42H2,1-5H3/p+1/b16-14+,22-20+,25-24+,39-36+/t43-/m1/s1. The number of allylic oxidation sites excluding steroid dienone is 7. The number of ether oxygens (including phenoxy) is 2. The molecule has 0 fully saturated rings. The lowest BCUT2D eigenvalue weighted by Crippen LogP contribution is -2.37. The summed E-state index contributed by atoms with van der Waals surface area (Å²) in [6.45, 7) is 4.87. The van der Waals surface area contributed by atoms with E-state index in [9.17, 15) is 14.3 Å². The van der Waals surface area contributed by atoms with E-state index in [1.807, 2.05) is 27.2 Å². The van der Waals surface area contributed by atoms with Gasteiger partial charge >= 0.3 is 13.8 Å². The van der Waals surface area contributed by atoms with Crippen LogP contribution in [0, 0.1) is 0 Å². The molecule has 0 aromatic rings. The number of hydrogen-bond acceptors (Lipinski definition) is 6. The minimum absolute atomic E-state index is 0.0385. The summed E-state index contributed by atoms with van der Waals surface area (Å²) in [6, 6.07) is 0. The van der Waals surface area contributed by atoms with Crippen molar-refractivity contribution in [3.05, 3.63) is 48.8 Å². The number of esters is 1. The number of carbonyl (C=O) groups excluding carboxylic acids is 1. The molecule has 0 rings (SSSR count). The quantitative estimate of drug-likeness (QED) is 0.0166. The summed E-state index contributed by atoms with van der Waals surface area (Å²) in [5.74, 6) is -0.358. The van der Waals surface area contributed by atoms with Gasteiger partial charge in [0, 0.05) is 6.42 Å². The number of hydrogen-bond donors (Lipinski definition) is 1. The fourth-order valence-corrected chi connectivity index (χ4v) is 6.32. The van der Waals surface area contributed by atoms with Crippen LogP contribution in [0.25, 0.3) is 0 Å². The summed E-state index contributed by atoms with van der Waals surface area (Å²) < 4.78 is 34.7. The maximum absolute atomic E-state index is 12.7. The average molecular weight is 769 g/mol. The molecule has 9 heteroatoms. The molecule has 0 heterocycles. The molecule has 0 aromatic carbocycles. The van der Waals surface area contributed by atoms with E-state index in [4.69, 9.17) is 18.5 Å². The Morgan fingerprint density at radius 3 is 1.60 bits per heavy atom. The van der Waals surface area contributed by atoms with Gasteiger partial charge in [-0.05, 0) is 63.9 Å². The van der Waals surface area contributed by atoms with Crippen LogP contribution in [0.1, 0.15) is 174 Å². The molecule has 310 valence electrons. The molecule has 0 saturated heterocycles. The van der Waals surface area contributed by atoms with Crippen LogP contribution in [-0.2, 0) is 27.9 Å². The molecule has 0 bridgehead atoms. The van der Waals surface area contributed by atoms with Gasteiger partial charge in [-0.1, -0.05) is 147 Å². The second-order valence-corrected chi connectivity index (χ2v) is 16.9. The molecule has 0 aliphatic carbocycles. The number of unbranched alkanes of at least 4 members (excludes halogenated alkanes) is 19. The fourth-order valence-electron chi connectivity index (χ4n) is 5.58. The molecular formula is C44H83NO7P+. The topological polar surface area (TPSA) is 91.3 Å². The molecule has 0 spiro atoms. The molecule has 0 saturated carbocycles. The molecular weight excluding hydrogens is 685 g/mol. The van der Waals surface area contributed by atoms with Crippen LogP contribution in [-0.4, -0.2) is 69.0 Å². The zero-order valence-corrected chi connectivity index (χ0v) is 35.9. The molecule has 1 unspecified atom stereocenters. The van der Waals surface area contributed by atoms with Crippen molar-refractivity contribution in [3.63, 3.8) is 0 Å². The minimum Gasteiger partial charge on any atom is -0.498 e. The highest BCUT2D eigenvalue weighted by Crippen LogP contribution is 2.43. The van der Waals surface area contributed by atoms with Gasteiger partial charge in [0.2, 0.25) is 0 Å². The van der Waals surface area contributed by atoms with E-state index in [1.54, 1.807) is 6.26 Å². The normalized spacial score (nSPS) is 14.2. The predicted molar refractivity (Wildman–Crippen MR) is 224 cm³/mol. The van der Waals surface area contributed by atoms with Gasteiger partial charge in [0.25, 0.3) is 0 Å². The number of rotatable bonds is 39. The SMILES string of the molecule is CCCCC/C=C/C/C=C/C/C=C/CCCCCCC(=O)O[C@H](CO/C=C/CCCCCCCCCCCCCC)COP(=O)(O)OCC[N+](C)(C)C. The summed E-state index contributed by atoms with van der Waals surface area (Å²) in [5, 5.41) is 0. The Kier molecular flexibility index (Phi) is 36.0. The summed E-state index contributed by atoms with van der Waals surface area (Å²) in [4.78, 5) is 22.8. The third-order valence-corrected chi connectivity index (χ3v) is 9.94.